The number of rotatable bonds is 4. The van der Waals surface area contributed by atoms with Gasteiger partial charge in [0.1, 0.15) is 5.82 Å². The van der Waals surface area contributed by atoms with Crippen LogP contribution in [-0.2, 0) is 6.42 Å². The molecule has 3 nitrogen and oxygen atoms in total. The number of imidazole rings is 1. The second-order valence-electron chi connectivity index (χ2n) is 5.29. The molecule has 0 bridgehead atoms. The predicted molar refractivity (Wildman–Crippen MR) is 83.5 cm³/mol. The number of nitrogens with zero attached hydrogens (tertiary/aromatic N) is 1. The highest BCUT2D eigenvalue weighted by atomic mass is 14.9. The molecule has 3 N–H and O–H groups in total. The van der Waals surface area contributed by atoms with Gasteiger partial charge in [-0.15, -0.1) is 0 Å². The van der Waals surface area contributed by atoms with Crippen molar-refractivity contribution < 1.29 is 0 Å². The topological polar surface area (TPSA) is 54.7 Å². The number of H-pyrrole nitrogens is 1. The first-order valence-electron chi connectivity index (χ1n) is 7.01. The van der Waals surface area contributed by atoms with Gasteiger partial charge in [0.15, 0.2) is 0 Å². The van der Waals surface area contributed by atoms with Crippen molar-refractivity contribution in [1.82, 2.24) is 9.97 Å². The summed E-state index contributed by atoms with van der Waals surface area (Å²) in [5.74, 6) is 1.00. The fourth-order valence-corrected chi connectivity index (χ4v) is 2.45. The van der Waals surface area contributed by atoms with Crippen molar-refractivity contribution in [1.29, 1.82) is 0 Å². The molecule has 3 aromatic rings. The van der Waals surface area contributed by atoms with Gasteiger partial charge in [0.05, 0.1) is 11.9 Å². The number of benzene rings is 2. The van der Waals surface area contributed by atoms with Crippen LogP contribution in [0.4, 0.5) is 0 Å². The molecule has 3 rings (SSSR count). The predicted octanol–water partition coefficient (Wildman–Crippen LogP) is 3.51. The molecular weight excluding hydrogens is 246 g/mol. The molecule has 0 saturated carbocycles. The van der Waals surface area contributed by atoms with Gasteiger partial charge >= 0.3 is 0 Å². The standard InChI is InChI=1S/C17H19N3/c1-12(18)9-10-17-19-11-16(20-17)15-8-4-6-13-5-2-3-7-14(13)15/h2-8,11-12H,9-10,18H2,1H3,(H,19,20). The van der Waals surface area contributed by atoms with Crippen molar-refractivity contribution in [3.05, 3.63) is 54.5 Å². The minimum absolute atomic E-state index is 0.209. The number of hydrogen-bond acceptors (Lipinski definition) is 2. The Morgan fingerprint density at radius 3 is 2.80 bits per heavy atom. The molecule has 3 heteroatoms. The van der Waals surface area contributed by atoms with Gasteiger partial charge in [0.25, 0.3) is 0 Å². The van der Waals surface area contributed by atoms with Crippen molar-refractivity contribution in [2.75, 3.05) is 0 Å². The third-order valence-electron chi connectivity index (χ3n) is 3.54. The highest BCUT2D eigenvalue weighted by molar-refractivity contribution is 5.95. The smallest absolute Gasteiger partial charge is 0.106 e. The summed E-state index contributed by atoms with van der Waals surface area (Å²) in [6.45, 7) is 2.02. The fourth-order valence-electron chi connectivity index (χ4n) is 2.45. The van der Waals surface area contributed by atoms with E-state index in [4.69, 9.17) is 5.73 Å². The number of nitrogens with one attached hydrogen (secondary N) is 1. The molecule has 1 unspecified atom stereocenters. The van der Waals surface area contributed by atoms with Gasteiger partial charge in [-0.3, -0.25) is 0 Å². The zero-order valence-corrected chi connectivity index (χ0v) is 11.6. The van der Waals surface area contributed by atoms with Crippen molar-refractivity contribution in [3.8, 4) is 11.3 Å². The van der Waals surface area contributed by atoms with Crippen LogP contribution in [0, 0.1) is 0 Å². The highest BCUT2D eigenvalue weighted by Crippen LogP contribution is 2.27. The monoisotopic (exact) mass is 265 g/mol. The van der Waals surface area contributed by atoms with E-state index in [1.807, 2.05) is 13.1 Å². The van der Waals surface area contributed by atoms with Crippen molar-refractivity contribution >= 4 is 10.8 Å². The van der Waals surface area contributed by atoms with Gasteiger partial charge in [0, 0.05) is 18.0 Å². The van der Waals surface area contributed by atoms with E-state index in [1.165, 1.54) is 16.3 Å². The van der Waals surface area contributed by atoms with E-state index in [2.05, 4.69) is 52.4 Å². The largest absolute Gasteiger partial charge is 0.342 e. The Labute approximate surface area is 118 Å². The van der Waals surface area contributed by atoms with E-state index < -0.39 is 0 Å². The number of aromatic nitrogens is 2. The van der Waals surface area contributed by atoms with Crippen LogP contribution in [-0.4, -0.2) is 16.0 Å². The average Bonchev–Trinajstić information content (AvgIpc) is 2.93. The molecule has 0 aliphatic rings. The van der Waals surface area contributed by atoms with Gasteiger partial charge < -0.3 is 10.7 Å². The molecule has 0 spiro atoms. The van der Waals surface area contributed by atoms with Crippen LogP contribution in [0.25, 0.3) is 22.0 Å². The van der Waals surface area contributed by atoms with Crippen LogP contribution in [0.2, 0.25) is 0 Å². The normalized spacial score (nSPS) is 12.7. The molecule has 1 heterocycles. The molecule has 1 aromatic heterocycles. The second-order valence-corrected chi connectivity index (χ2v) is 5.29. The summed E-state index contributed by atoms with van der Waals surface area (Å²) in [5, 5.41) is 2.49. The van der Waals surface area contributed by atoms with Gasteiger partial charge in [-0.05, 0) is 24.1 Å². The Hall–Kier alpha value is -2.13. The molecule has 0 aliphatic carbocycles. The van der Waals surface area contributed by atoms with E-state index in [0.717, 1.165) is 24.4 Å². The molecule has 2 aromatic carbocycles. The van der Waals surface area contributed by atoms with Gasteiger partial charge in [0.2, 0.25) is 0 Å². The van der Waals surface area contributed by atoms with E-state index >= 15 is 0 Å². The van der Waals surface area contributed by atoms with Gasteiger partial charge in [-0.2, -0.15) is 0 Å². The van der Waals surface area contributed by atoms with E-state index in [9.17, 15) is 0 Å². The zero-order chi connectivity index (χ0) is 13.9. The minimum atomic E-state index is 0.209. The Morgan fingerprint density at radius 1 is 1.15 bits per heavy atom. The molecule has 1 atom stereocenters. The van der Waals surface area contributed by atoms with Crippen LogP contribution in [0.1, 0.15) is 19.2 Å². The van der Waals surface area contributed by atoms with Crippen molar-refractivity contribution in [2.45, 2.75) is 25.8 Å². The second kappa shape index (κ2) is 5.47. The van der Waals surface area contributed by atoms with Crippen LogP contribution in [0.3, 0.4) is 0 Å². The Morgan fingerprint density at radius 2 is 1.95 bits per heavy atom. The third-order valence-corrected chi connectivity index (χ3v) is 3.54. The molecule has 20 heavy (non-hydrogen) atoms. The molecule has 102 valence electrons. The maximum atomic E-state index is 5.79. The SMILES string of the molecule is CC(N)CCc1ncc(-c2cccc3ccccc23)[nH]1. The lowest BCUT2D eigenvalue weighted by Gasteiger charge is -2.04. The maximum absolute atomic E-state index is 5.79. The highest BCUT2D eigenvalue weighted by Gasteiger charge is 2.07. The summed E-state index contributed by atoms with van der Waals surface area (Å²) in [5.41, 5.74) is 8.06. The molecule has 0 fully saturated rings. The lowest BCUT2D eigenvalue weighted by atomic mass is 10.0. The first kappa shape index (κ1) is 12.9. The van der Waals surface area contributed by atoms with Gasteiger partial charge in [-0.25, -0.2) is 4.98 Å². The number of aromatic amines is 1. The summed E-state index contributed by atoms with van der Waals surface area (Å²) in [6, 6.07) is 15.0. The lowest BCUT2D eigenvalue weighted by Crippen LogP contribution is -2.15. The van der Waals surface area contributed by atoms with Crippen LogP contribution >= 0.6 is 0 Å². The maximum Gasteiger partial charge on any atom is 0.106 e. The molecular formula is C17H19N3. The van der Waals surface area contributed by atoms with Crippen molar-refractivity contribution in [3.63, 3.8) is 0 Å². The first-order valence-corrected chi connectivity index (χ1v) is 7.01. The Bertz CT molecular complexity index is 708. The van der Waals surface area contributed by atoms with E-state index in [0.29, 0.717) is 0 Å². The van der Waals surface area contributed by atoms with Crippen LogP contribution in [0.15, 0.2) is 48.7 Å². The minimum Gasteiger partial charge on any atom is -0.342 e. The number of nitrogens with two attached hydrogens (primary N) is 1. The summed E-state index contributed by atoms with van der Waals surface area (Å²) >= 11 is 0. The van der Waals surface area contributed by atoms with Crippen LogP contribution in [0.5, 0.6) is 0 Å². The van der Waals surface area contributed by atoms with E-state index in [1.54, 1.807) is 0 Å². The summed E-state index contributed by atoms with van der Waals surface area (Å²) in [4.78, 5) is 7.87. The molecule has 0 saturated heterocycles. The number of fused-ring (bicyclic) bond motifs is 1. The fraction of sp³-hybridized carbons (Fsp3) is 0.235. The lowest BCUT2D eigenvalue weighted by molar-refractivity contribution is 0.652. The molecule has 0 amide bonds. The average molecular weight is 265 g/mol. The summed E-state index contributed by atoms with van der Waals surface area (Å²) < 4.78 is 0. The number of hydrogen-bond donors (Lipinski definition) is 2. The summed E-state index contributed by atoms with van der Waals surface area (Å²) in [7, 11) is 0. The van der Waals surface area contributed by atoms with E-state index in [-0.39, 0.29) is 6.04 Å². The first-order chi connectivity index (χ1) is 9.74. The number of aryl methyl sites for hydroxylation is 1. The van der Waals surface area contributed by atoms with Crippen LogP contribution < -0.4 is 5.73 Å². The third kappa shape index (κ3) is 2.58. The summed E-state index contributed by atoms with van der Waals surface area (Å²) in [6.07, 6.45) is 3.75. The Kier molecular flexibility index (Phi) is 3.52. The molecule has 0 aliphatic heterocycles. The quantitative estimate of drug-likeness (QED) is 0.758. The van der Waals surface area contributed by atoms with Gasteiger partial charge in [-0.1, -0.05) is 42.5 Å². The van der Waals surface area contributed by atoms with Crippen molar-refractivity contribution in [2.24, 2.45) is 5.73 Å². The Balaban J connectivity index is 1.95. The zero-order valence-electron chi connectivity index (χ0n) is 11.6. The molecule has 0 radical (unpaired) electrons.